The lowest BCUT2D eigenvalue weighted by Crippen LogP contribution is -2.43. The van der Waals surface area contributed by atoms with Gasteiger partial charge in [-0.05, 0) is 199 Å². The minimum Gasteiger partial charge on any atom is -0.274 e. The zero-order valence-corrected chi connectivity index (χ0v) is 56.5. The zero-order valence-electron chi connectivity index (χ0n) is 55.7. The number of carbonyl (C=O) groups excluding carboxylic acids is 4. The summed E-state index contributed by atoms with van der Waals surface area (Å²) in [6.45, 7) is 18.6. The summed E-state index contributed by atoms with van der Waals surface area (Å²) in [4.78, 5) is 68.5. The fourth-order valence-corrected chi connectivity index (χ4v) is 17.9. The fourth-order valence-electron chi connectivity index (χ4n) is 16.9. The quantitative estimate of drug-likeness (QED) is 0.0195. The molecule has 0 saturated carbocycles. The van der Waals surface area contributed by atoms with Crippen molar-refractivity contribution in [2.45, 2.75) is 209 Å². The summed E-state index contributed by atoms with van der Waals surface area (Å²) in [5.74, 6) is -0.416. The van der Waals surface area contributed by atoms with Crippen LogP contribution in [0.1, 0.15) is 245 Å². The van der Waals surface area contributed by atoms with E-state index in [0.717, 1.165) is 163 Å². The Labute approximate surface area is 543 Å². The molecule has 13 rings (SSSR count). The van der Waals surface area contributed by atoms with Crippen LogP contribution in [0.25, 0.3) is 107 Å². The first-order chi connectivity index (χ1) is 44.4. The molecule has 2 unspecified atom stereocenters. The molecule has 91 heavy (non-hydrogen) atoms. The zero-order chi connectivity index (χ0) is 63.2. The van der Waals surface area contributed by atoms with Crippen molar-refractivity contribution in [2.75, 3.05) is 13.1 Å². The minimum absolute atomic E-state index is 0.196. The maximum atomic E-state index is 16.2. The molecule has 0 saturated heterocycles. The molecule has 4 amide bonds. The smallest absolute Gasteiger partial charge is 0.262 e. The fraction of sp³-hybridized carbons (Fsp3) is 0.429. The summed E-state index contributed by atoms with van der Waals surface area (Å²) in [5.41, 5.74) is 8.85. The van der Waals surface area contributed by atoms with Crippen molar-refractivity contribution in [3.05, 3.63) is 142 Å². The van der Waals surface area contributed by atoms with Crippen molar-refractivity contribution in [2.24, 2.45) is 11.8 Å². The van der Waals surface area contributed by atoms with Crippen molar-refractivity contribution >= 4 is 121 Å². The van der Waals surface area contributed by atoms with Gasteiger partial charge in [0.05, 0.1) is 11.1 Å². The van der Waals surface area contributed by atoms with Crippen LogP contribution < -0.4 is 0 Å². The van der Waals surface area contributed by atoms with E-state index in [1.54, 1.807) is 21.1 Å². The van der Waals surface area contributed by atoms with Crippen LogP contribution in [0.4, 0.5) is 0 Å². The first-order valence-corrected chi connectivity index (χ1v) is 36.4. The van der Waals surface area contributed by atoms with E-state index in [2.05, 4.69) is 140 Å². The molecule has 470 valence electrons. The van der Waals surface area contributed by atoms with Gasteiger partial charge in [-0.2, -0.15) is 0 Å². The summed E-state index contributed by atoms with van der Waals surface area (Å²) in [5, 5.41) is 17.0. The van der Waals surface area contributed by atoms with Gasteiger partial charge in [0.15, 0.2) is 0 Å². The van der Waals surface area contributed by atoms with Gasteiger partial charge >= 0.3 is 0 Å². The normalized spacial score (nSPS) is 14.4. The van der Waals surface area contributed by atoms with E-state index in [1.165, 1.54) is 121 Å². The Balaban J connectivity index is 1.00. The maximum absolute atomic E-state index is 16.2. The van der Waals surface area contributed by atoms with E-state index in [0.29, 0.717) is 35.3 Å². The Morgan fingerprint density at radius 1 is 0.297 bits per heavy atom. The maximum Gasteiger partial charge on any atom is 0.262 e. The number of fused-ring (bicyclic) bond motifs is 4. The van der Waals surface area contributed by atoms with Crippen molar-refractivity contribution in [1.29, 1.82) is 0 Å². The number of nitrogens with zero attached hydrogens (tertiary/aromatic N) is 2. The molecule has 11 aromatic rings. The van der Waals surface area contributed by atoms with E-state index >= 15 is 19.2 Å². The highest BCUT2D eigenvalue weighted by atomic mass is 32.1. The second kappa shape index (κ2) is 26.8. The molecule has 2 aliphatic heterocycles. The number of hydrogen-bond acceptors (Lipinski definition) is 5. The average molecular weight is 1230 g/mol. The number of rotatable bonds is 30. The Hall–Kier alpha value is -7.22. The molecule has 0 N–H and O–H groups in total. The number of carbonyl (C=O) groups is 4. The Morgan fingerprint density at radius 3 is 0.923 bits per heavy atom. The van der Waals surface area contributed by atoms with Crippen molar-refractivity contribution in [3.63, 3.8) is 0 Å². The number of benzene rings is 10. The predicted molar refractivity (Wildman–Crippen MR) is 388 cm³/mol. The van der Waals surface area contributed by atoms with Crippen molar-refractivity contribution < 1.29 is 19.2 Å². The molecule has 10 aromatic carbocycles. The number of hydrogen-bond donors (Lipinski definition) is 0. The molecular weight excluding hydrogens is 1130 g/mol. The lowest BCUT2D eigenvalue weighted by Gasteiger charge is -2.33. The van der Waals surface area contributed by atoms with Gasteiger partial charge in [-0.3, -0.25) is 29.0 Å². The molecule has 0 fully saturated rings. The lowest BCUT2D eigenvalue weighted by molar-refractivity contribution is 0.0563. The van der Waals surface area contributed by atoms with Gasteiger partial charge in [0, 0.05) is 55.9 Å². The first-order valence-electron chi connectivity index (χ1n) is 35.6. The van der Waals surface area contributed by atoms with Crippen LogP contribution in [0.3, 0.4) is 0 Å². The van der Waals surface area contributed by atoms with Crippen LogP contribution in [0.2, 0.25) is 0 Å². The number of thiophene rings is 1. The van der Waals surface area contributed by atoms with Crippen molar-refractivity contribution in [3.8, 4) is 20.9 Å². The second-order valence-corrected chi connectivity index (χ2v) is 29.0. The molecular formula is C84H94N2O4S. The molecule has 7 heteroatoms. The van der Waals surface area contributed by atoms with Gasteiger partial charge in [-0.25, -0.2) is 0 Å². The standard InChI is InChI=1S/C84H94N2O4S/c1-9-13-17-21-23-27-31-55(29-25-19-15-11-3)49-85-81(87)63-43-41-59-57-37-33-51(5)71-53(7)35-39-61(73(57)71)65-47-67(79(83(85)89)77(63)75(59)65)69-45-46-70(91-69)68-48-66-62-40-36-54(8)72-52(6)34-38-58(74(62)72)60-42-44-64-78(76(60)66)80(68)84(90)86(82(64)88)50-56(30-26-20-16-12-4)32-28-24-22-18-14-10-2/h33-48,55-56H,9-32,49-50H2,1-8H3. The molecule has 0 bridgehead atoms. The molecule has 3 heterocycles. The number of amides is 4. The third-order valence-electron chi connectivity index (χ3n) is 21.6. The highest BCUT2D eigenvalue weighted by Crippen LogP contribution is 2.53. The van der Waals surface area contributed by atoms with Crippen LogP contribution in [0, 0.1) is 39.5 Å². The van der Waals surface area contributed by atoms with Gasteiger partial charge in [0.2, 0.25) is 0 Å². The van der Waals surface area contributed by atoms with E-state index in [1.807, 2.05) is 12.1 Å². The molecule has 0 spiro atoms. The van der Waals surface area contributed by atoms with Crippen LogP contribution in [-0.2, 0) is 0 Å². The van der Waals surface area contributed by atoms with E-state index in [4.69, 9.17) is 0 Å². The summed E-state index contributed by atoms with van der Waals surface area (Å²) < 4.78 is 0. The third-order valence-corrected chi connectivity index (χ3v) is 22.8. The van der Waals surface area contributed by atoms with Crippen LogP contribution in [0.5, 0.6) is 0 Å². The number of aryl methyl sites for hydroxylation is 4. The summed E-state index contributed by atoms with van der Waals surface area (Å²) in [6, 6.07) is 35.1. The first kappa shape index (κ1) is 62.6. The summed E-state index contributed by atoms with van der Waals surface area (Å²) in [6.07, 6.45) is 27.6. The third kappa shape index (κ3) is 11.2. The number of imide groups is 2. The monoisotopic (exact) mass is 1230 g/mol. The van der Waals surface area contributed by atoms with Gasteiger partial charge < -0.3 is 0 Å². The van der Waals surface area contributed by atoms with E-state index in [9.17, 15) is 0 Å². The largest absolute Gasteiger partial charge is 0.274 e. The SMILES string of the molecule is CCCCCCCCC(CCCCCC)CN1C(=O)c2ccc3c4ccc(C)c5c(C)ccc(c6cc(-c7ccc(-c8cc9c%10ccc(C)c%11c(C)ccc(c%12ccc%13c(c8C(=O)N(CC(CCCCCC)CCCCCCCC)C%13=O)c%129)c%11%10)s7)c(c2c36)C1=O)c54. The van der Waals surface area contributed by atoms with Crippen molar-refractivity contribution in [1.82, 2.24) is 9.80 Å². The lowest BCUT2D eigenvalue weighted by atomic mass is 9.81. The Kier molecular flexibility index (Phi) is 18.4. The highest BCUT2D eigenvalue weighted by molar-refractivity contribution is 7.19. The topological polar surface area (TPSA) is 74.8 Å². The van der Waals surface area contributed by atoms with Gasteiger partial charge in [-0.1, -0.05) is 217 Å². The van der Waals surface area contributed by atoms with Gasteiger partial charge in [0.25, 0.3) is 23.6 Å². The van der Waals surface area contributed by atoms with Crippen LogP contribution in [-0.4, -0.2) is 46.5 Å². The van der Waals surface area contributed by atoms with E-state index < -0.39 is 0 Å². The van der Waals surface area contributed by atoms with Gasteiger partial charge in [-0.15, -0.1) is 11.3 Å². The molecule has 0 aliphatic carbocycles. The summed E-state index contributed by atoms with van der Waals surface area (Å²) >= 11 is 1.62. The molecule has 0 radical (unpaired) electrons. The average Bonchev–Trinajstić information content (AvgIpc) is 0.777. The Morgan fingerprint density at radius 2 is 0.582 bits per heavy atom. The molecule has 1 aromatic heterocycles. The summed E-state index contributed by atoms with van der Waals surface area (Å²) in [7, 11) is 0. The number of unbranched alkanes of at least 4 members (excludes halogenated alkanes) is 16. The molecule has 2 aliphatic rings. The Bertz CT molecular complexity index is 4290. The van der Waals surface area contributed by atoms with E-state index in [-0.39, 0.29) is 35.5 Å². The van der Waals surface area contributed by atoms with Crippen LogP contribution >= 0.6 is 11.3 Å². The minimum atomic E-state index is -0.217. The molecule has 2 atom stereocenters. The van der Waals surface area contributed by atoms with Crippen LogP contribution in [0.15, 0.2) is 97.1 Å². The second-order valence-electron chi connectivity index (χ2n) is 27.9. The van der Waals surface area contributed by atoms with Gasteiger partial charge in [0.1, 0.15) is 0 Å². The molecule has 6 nitrogen and oxygen atoms in total. The predicted octanol–water partition coefficient (Wildman–Crippen LogP) is 24.3. The highest BCUT2D eigenvalue weighted by Gasteiger charge is 2.40.